The van der Waals surface area contributed by atoms with Crippen LogP contribution in [0.15, 0.2) is 82.4 Å². The van der Waals surface area contributed by atoms with E-state index in [9.17, 15) is 9.18 Å². The number of aryl methyl sites for hydroxylation is 1. The average molecular weight is 497 g/mol. The van der Waals surface area contributed by atoms with Gasteiger partial charge in [-0.05, 0) is 55.0 Å². The second-order valence-electron chi connectivity index (χ2n) is 6.75. The molecular weight excluding hydrogens is 479 g/mol. The van der Waals surface area contributed by atoms with Gasteiger partial charge in [-0.1, -0.05) is 58.0 Å². The molecule has 0 unspecified atom stereocenters. The molecule has 0 fully saturated rings. The molecule has 4 aromatic rings. The number of aromatic nitrogens is 3. The molecule has 1 heterocycles. The number of carbonyl (C=O) groups excluding carboxylic acids is 1. The second-order valence-corrected chi connectivity index (χ2v) is 8.61. The van der Waals surface area contributed by atoms with Crippen LogP contribution in [0.25, 0.3) is 17.1 Å². The van der Waals surface area contributed by atoms with Crippen molar-refractivity contribution >= 4 is 39.3 Å². The van der Waals surface area contributed by atoms with E-state index in [4.69, 9.17) is 0 Å². The zero-order chi connectivity index (χ0) is 21.8. The first kappa shape index (κ1) is 21.3. The number of para-hydroxylation sites is 1. The lowest BCUT2D eigenvalue weighted by molar-refractivity contribution is -0.113. The van der Waals surface area contributed by atoms with E-state index in [1.807, 2.05) is 55.5 Å². The van der Waals surface area contributed by atoms with E-state index in [0.717, 1.165) is 21.4 Å². The Morgan fingerprint density at radius 1 is 1.06 bits per heavy atom. The third-order valence-corrected chi connectivity index (χ3v) is 5.98. The van der Waals surface area contributed by atoms with Crippen molar-refractivity contribution in [2.24, 2.45) is 0 Å². The minimum absolute atomic E-state index is 0.137. The lowest BCUT2D eigenvalue weighted by Gasteiger charge is -2.11. The summed E-state index contributed by atoms with van der Waals surface area (Å²) >= 11 is 4.66. The fraction of sp³-hybridized carbons (Fsp3) is 0.0870. The number of halogens is 2. The summed E-state index contributed by atoms with van der Waals surface area (Å²) in [4.78, 5) is 12.5. The fourth-order valence-electron chi connectivity index (χ4n) is 3.07. The molecule has 1 aromatic heterocycles. The molecule has 3 aromatic carbocycles. The molecule has 0 saturated heterocycles. The third-order valence-electron chi connectivity index (χ3n) is 4.56. The standard InChI is InChI=1S/C23H18BrFN4OS/c1-15-13-16(24)11-12-20(15)26-21(30)14-31-23-28-27-22(18-9-5-6-10-19(18)25)29(23)17-7-3-2-4-8-17/h2-13H,14H2,1H3,(H,26,30). The van der Waals surface area contributed by atoms with Gasteiger partial charge in [0, 0.05) is 15.8 Å². The molecule has 0 spiro atoms. The number of benzene rings is 3. The lowest BCUT2D eigenvalue weighted by atomic mass is 10.2. The van der Waals surface area contributed by atoms with Crippen LogP contribution in [-0.2, 0) is 4.79 Å². The number of rotatable bonds is 6. The topological polar surface area (TPSA) is 59.8 Å². The molecule has 0 aliphatic carbocycles. The number of nitrogens with one attached hydrogen (secondary N) is 1. The van der Waals surface area contributed by atoms with E-state index < -0.39 is 0 Å². The molecule has 1 amide bonds. The summed E-state index contributed by atoms with van der Waals surface area (Å²) in [5.41, 5.74) is 2.85. The van der Waals surface area contributed by atoms with Gasteiger partial charge in [0.1, 0.15) is 5.82 Å². The minimum Gasteiger partial charge on any atom is -0.325 e. The normalized spacial score (nSPS) is 10.8. The van der Waals surface area contributed by atoms with Gasteiger partial charge >= 0.3 is 0 Å². The van der Waals surface area contributed by atoms with Crippen molar-refractivity contribution in [1.29, 1.82) is 0 Å². The summed E-state index contributed by atoms with van der Waals surface area (Å²) in [6, 6.07) is 21.6. The number of hydrogen-bond acceptors (Lipinski definition) is 4. The largest absolute Gasteiger partial charge is 0.325 e. The van der Waals surface area contributed by atoms with Crippen LogP contribution in [0.4, 0.5) is 10.1 Å². The SMILES string of the molecule is Cc1cc(Br)ccc1NC(=O)CSc1nnc(-c2ccccc2F)n1-c1ccccc1. The predicted octanol–water partition coefficient (Wildman–Crippen LogP) is 5.88. The molecule has 4 rings (SSSR count). The van der Waals surface area contributed by atoms with E-state index in [1.165, 1.54) is 17.8 Å². The zero-order valence-electron chi connectivity index (χ0n) is 16.5. The van der Waals surface area contributed by atoms with E-state index in [1.54, 1.807) is 22.8 Å². The maximum absolute atomic E-state index is 14.4. The highest BCUT2D eigenvalue weighted by Gasteiger charge is 2.19. The Morgan fingerprint density at radius 2 is 1.81 bits per heavy atom. The summed E-state index contributed by atoms with van der Waals surface area (Å²) in [7, 11) is 0. The van der Waals surface area contributed by atoms with Gasteiger partial charge in [-0.2, -0.15) is 0 Å². The molecule has 0 saturated carbocycles. The van der Waals surface area contributed by atoms with Crippen molar-refractivity contribution in [3.8, 4) is 17.1 Å². The van der Waals surface area contributed by atoms with Gasteiger partial charge in [0.15, 0.2) is 11.0 Å². The van der Waals surface area contributed by atoms with Gasteiger partial charge in [-0.3, -0.25) is 9.36 Å². The molecule has 8 heteroatoms. The Labute approximate surface area is 191 Å². The zero-order valence-corrected chi connectivity index (χ0v) is 19.0. The van der Waals surface area contributed by atoms with E-state index in [-0.39, 0.29) is 17.5 Å². The number of amides is 1. The molecule has 156 valence electrons. The van der Waals surface area contributed by atoms with Crippen LogP contribution < -0.4 is 5.32 Å². The first-order valence-electron chi connectivity index (χ1n) is 9.47. The fourth-order valence-corrected chi connectivity index (χ4v) is 4.30. The predicted molar refractivity (Wildman–Crippen MR) is 125 cm³/mol. The summed E-state index contributed by atoms with van der Waals surface area (Å²) in [6.45, 7) is 1.93. The number of anilines is 1. The first-order valence-corrected chi connectivity index (χ1v) is 11.3. The summed E-state index contributed by atoms with van der Waals surface area (Å²) in [5, 5.41) is 11.9. The molecule has 31 heavy (non-hydrogen) atoms. The number of nitrogens with zero attached hydrogens (tertiary/aromatic N) is 3. The van der Waals surface area contributed by atoms with Gasteiger partial charge in [0.2, 0.25) is 5.91 Å². The van der Waals surface area contributed by atoms with Crippen LogP contribution >= 0.6 is 27.7 Å². The van der Waals surface area contributed by atoms with Gasteiger partial charge in [0.05, 0.1) is 11.3 Å². The van der Waals surface area contributed by atoms with Crippen molar-refractivity contribution in [2.75, 3.05) is 11.1 Å². The van der Waals surface area contributed by atoms with Crippen LogP contribution in [0.5, 0.6) is 0 Å². The summed E-state index contributed by atoms with van der Waals surface area (Å²) < 4.78 is 17.2. The van der Waals surface area contributed by atoms with Crippen molar-refractivity contribution in [1.82, 2.24) is 14.8 Å². The number of carbonyl (C=O) groups is 1. The Balaban J connectivity index is 1.60. The molecule has 0 aliphatic heterocycles. The average Bonchev–Trinajstić information content (AvgIpc) is 3.19. The van der Waals surface area contributed by atoms with Crippen LogP contribution in [0.3, 0.4) is 0 Å². The van der Waals surface area contributed by atoms with E-state index in [0.29, 0.717) is 16.5 Å². The lowest BCUT2D eigenvalue weighted by Crippen LogP contribution is -2.15. The Hall–Kier alpha value is -2.97. The summed E-state index contributed by atoms with van der Waals surface area (Å²) in [6.07, 6.45) is 0. The van der Waals surface area contributed by atoms with Gasteiger partial charge < -0.3 is 5.32 Å². The Kier molecular flexibility index (Phi) is 6.48. The molecule has 0 radical (unpaired) electrons. The maximum Gasteiger partial charge on any atom is 0.234 e. The second kappa shape index (κ2) is 9.45. The monoisotopic (exact) mass is 496 g/mol. The van der Waals surface area contributed by atoms with Crippen LogP contribution in [0.1, 0.15) is 5.56 Å². The molecule has 0 aliphatic rings. The van der Waals surface area contributed by atoms with Crippen molar-refractivity contribution in [3.05, 3.63) is 88.6 Å². The summed E-state index contributed by atoms with van der Waals surface area (Å²) in [5.74, 6) is -0.0221. The molecule has 0 bridgehead atoms. The van der Waals surface area contributed by atoms with E-state index in [2.05, 4.69) is 31.4 Å². The van der Waals surface area contributed by atoms with Crippen molar-refractivity contribution in [3.63, 3.8) is 0 Å². The van der Waals surface area contributed by atoms with Crippen LogP contribution in [-0.4, -0.2) is 26.4 Å². The van der Waals surface area contributed by atoms with E-state index >= 15 is 0 Å². The van der Waals surface area contributed by atoms with Crippen LogP contribution in [0.2, 0.25) is 0 Å². The highest BCUT2D eigenvalue weighted by molar-refractivity contribution is 9.10. The Bertz CT molecular complexity index is 1230. The number of hydrogen-bond donors (Lipinski definition) is 1. The van der Waals surface area contributed by atoms with Crippen LogP contribution in [0, 0.1) is 12.7 Å². The molecule has 5 nitrogen and oxygen atoms in total. The maximum atomic E-state index is 14.4. The first-order chi connectivity index (χ1) is 15.0. The molecular formula is C23H18BrFN4OS. The van der Waals surface area contributed by atoms with Gasteiger partial charge in [-0.25, -0.2) is 4.39 Å². The highest BCUT2D eigenvalue weighted by Crippen LogP contribution is 2.29. The van der Waals surface area contributed by atoms with Gasteiger partial charge in [0.25, 0.3) is 0 Å². The van der Waals surface area contributed by atoms with Gasteiger partial charge in [-0.15, -0.1) is 10.2 Å². The quantitative estimate of drug-likeness (QED) is 0.339. The molecule has 0 atom stereocenters. The van der Waals surface area contributed by atoms with Crippen molar-refractivity contribution in [2.45, 2.75) is 12.1 Å². The molecule has 1 N–H and O–H groups in total. The highest BCUT2D eigenvalue weighted by atomic mass is 79.9. The third kappa shape index (κ3) is 4.86. The van der Waals surface area contributed by atoms with Crippen molar-refractivity contribution < 1.29 is 9.18 Å². The Morgan fingerprint density at radius 3 is 2.55 bits per heavy atom. The smallest absolute Gasteiger partial charge is 0.234 e. The number of thioether (sulfide) groups is 1. The minimum atomic E-state index is -0.382.